The molecule has 0 rings (SSSR count). The van der Waals surface area contributed by atoms with Crippen molar-refractivity contribution in [2.75, 3.05) is 41.0 Å². The third-order valence-electron chi connectivity index (χ3n) is 9.50. The van der Waals surface area contributed by atoms with Gasteiger partial charge in [0.2, 0.25) is 0 Å². The summed E-state index contributed by atoms with van der Waals surface area (Å²) >= 11 is 0. The highest BCUT2D eigenvalue weighted by Gasteiger charge is 2.31. The molecule has 1 N–H and O–H groups in total. The minimum atomic E-state index is -0.887. The van der Waals surface area contributed by atoms with Crippen LogP contribution in [0.15, 0.2) is 48.6 Å². The van der Waals surface area contributed by atoms with E-state index in [-0.39, 0.29) is 36.7 Å². The number of carbonyl (C=O) groups is 3. The van der Waals surface area contributed by atoms with E-state index < -0.39 is 24.1 Å². The van der Waals surface area contributed by atoms with Crippen LogP contribution in [0.3, 0.4) is 0 Å². The molecule has 0 aliphatic heterocycles. The number of carboxylic acids is 1. The lowest BCUT2D eigenvalue weighted by atomic mass is 10.1. The zero-order valence-electron chi connectivity index (χ0n) is 35.4. The maximum absolute atomic E-state index is 12.7. The zero-order valence-corrected chi connectivity index (χ0v) is 35.4. The molecule has 0 aliphatic carbocycles. The normalized spacial score (nSPS) is 13.4. The SMILES string of the molecule is CC/C=C/C/C=C/C/C=C/CC(=O)OCC(COCCC(C(=O)O)[N+](C)(C)C)OC(=O)CCCCCCCCC/C=C/CCCCCCCCCCCC. The number of quaternary nitrogens is 1. The van der Waals surface area contributed by atoms with Crippen LogP contribution < -0.4 is 0 Å². The van der Waals surface area contributed by atoms with Crippen LogP contribution in [0, 0.1) is 0 Å². The number of aliphatic carboxylic acids is 1. The second kappa shape index (κ2) is 37.2. The summed E-state index contributed by atoms with van der Waals surface area (Å²) in [4.78, 5) is 36.8. The summed E-state index contributed by atoms with van der Waals surface area (Å²) < 4.78 is 17.1. The number of hydrogen-bond donors (Lipinski definition) is 1. The number of hydrogen-bond acceptors (Lipinski definition) is 6. The minimum Gasteiger partial charge on any atom is -0.477 e. The van der Waals surface area contributed by atoms with Crippen LogP contribution in [0.1, 0.15) is 174 Å². The first-order valence-corrected chi connectivity index (χ1v) is 21.7. The highest BCUT2D eigenvalue weighted by Crippen LogP contribution is 2.14. The van der Waals surface area contributed by atoms with E-state index in [1.807, 2.05) is 27.2 Å². The molecule has 54 heavy (non-hydrogen) atoms. The molecule has 0 spiro atoms. The Kier molecular flexibility index (Phi) is 35.4. The minimum absolute atomic E-state index is 0.0319. The Bertz CT molecular complexity index is 1030. The molecular formula is C46H82NO7+. The molecule has 8 heteroatoms. The van der Waals surface area contributed by atoms with E-state index in [0.717, 1.165) is 38.5 Å². The molecule has 0 amide bonds. The van der Waals surface area contributed by atoms with E-state index in [9.17, 15) is 19.5 Å². The van der Waals surface area contributed by atoms with Crippen LogP contribution in [-0.4, -0.2) is 80.6 Å². The summed E-state index contributed by atoms with van der Waals surface area (Å²) in [5, 5.41) is 9.59. The number of carboxylic acid groups (broad SMARTS) is 1. The summed E-state index contributed by atoms with van der Waals surface area (Å²) in [6.07, 6.45) is 43.5. The first-order chi connectivity index (χ1) is 26.1. The molecule has 0 aromatic carbocycles. The fourth-order valence-corrected chi connectivity index (χ4v) is 6.15. The maximum atomic E-state index is 12.7. The highest BCUT2D eigenvalue weighted by atomic mass is 16.6. The summed E-state index contributed by atoms with van der Waals surface area (Å²) in [5.41, 5.74) is 0. The Balaban J connectivity index is 4.30. The average molecular weight is 761 g/mol. The Morgan fingerprint density at radius 2 is 1.09 bits per heavy atom. The molecule has 0 fully saturated rings. The number of likely N-dealkylation sites (N-methyl/N-ethyl adjacent to an activating group) is 1. The molecule has 0 aromatic heterocycles. The van der Waals surface area contributed by atoms with Gasteiger partial charge in [0.25, 0.3) is 0 Å². The van der Waals surface area contributed by atoms with Crippen molar-refractivity contribution in [2.24, 2.45) is 0 Å². The van der Waals surface area contributed by atoms with Crippen molar-refractivity contribution in [3.63, 3.8) is 0 Å². The van der Waals surface area contributed by atoms with Crippen molar-refractivity contribution < 1.29 is 38.2 Å². The lowest BCUT2D eigenvalue weighted by molar-refractivity contribution is -0.887. The van der Waals surface area contributed by atoms with Gasteiger partial charge in [-0.2, -0.15) is 0 Å². The monoisotopic (exact) mass is 761 g/mol. The Labute approximate surface area is 331 Å². The molecule has 0 radical (unpaired) electrons. The van der Waals surface area contributed by atoms with Gasteiger partial charge in [0.1, 0.15) is 6.61 Å². The van der Waals surface area contributed by atoms with Gasteiger partial charge in [-0.15, -0.1) is 0 Å². The van der Waals surface area contributed by atoms with E-state index in [0.29, 0.717) is 12.8 Å². The third-order valence-corrected chi connectivity index (χ3v) is 9.50. The van der Waals surface area contributed by atoms with Crippen LogP contribution in [0.2, 0.25) is 0 Å². The van der Waals surface area contributed by atoms with Crippen molar-refractivity contribution in [3.8, 4) is 0 Å². The van der Waals surface area contributed by atoms with Crippen LogP contribution >= 0.6 is 0 Å². The maximum Gasteiger partial charge on any atom is 0.362 e. The topological polar surface area (TPSA) is 99.1 Å². The second-order valence-electron chi connectivity index (χ2n) is 15.6. The fourth-order valence-electron chi connectivity index (χ4n) is 6.15. The predicted octanol–water partition coefficient (Wildman–Crippen LogP) is 11.6. The van der Waals surface area contributed by atoms with Crippen molar-refractivity contribution in [2.45, 2.75) is 187 Å². The van der Waals surface area contributed by atoms with E-state index in [1.165, 1.54) is 103 Å². The summed E-state index contributed by atoms with van der Waals surface area (Å²) in [7, 11) is 5.49. The standard InChI is InChI=1S/C46H81NO7/c1-6-8-10-12-14-16-17-18-19-20-21-22-23-24-25-26-27-29-31-33-35-37-45(49)54-42(40-52-39-38-43(46(50)51)47(3,4)5)41-53-44(48)36-34-32-30-28-15-13-11-9-7-2/h9,11,15,22-23,28,32,34,42-43H,6-8,10,12-14,16-21,24-27,29-31,33,35-41H2,1-5H3/p+1/b11-9+,23-22+,28-15+,34-32+. The van der Waals surface area contributed by atoms with Gasteiger partial charge in [0, 0.05) is 12.8 Å². The van der Waals surface area contributed by atoms with Gasteiger partial charge >= 0.3 is 17.9 Å². The van der Waals surface area contributed by atoms with Crippen LogP contribution in [0.5, 0.6) is 0 Å². The molecule has 2 unspecified atom stereocenters. The molecule has 0 bridgehead atoms. The number of rotatable bonds is 38. The molecule has 8 nitrogen and oxygen atoms in total. The number of nitrogens with zero attached hydrogens (tertiary/aromatic N) is 1. The Morgan fingerprint density at radius 3 is 1.61 bits per heavy atom. The molecule has 0 saturated heterocycles. The molecule has 0 aliphatic rings. The smallest absolute Gasteiger partial charge is 0.362 e. The summed E-state index contributed by atoms with van der Waals surface area (Å²) in [5.74, 6) is -1.62. The molecule has 0 aromatic rings. The third kappa shape index (κ3) is 35.0. The van der Waals surface area contributed by atoms with Gasteiger partial charge in [0.15, 0.2) is 12.1 Å². The van der Waals surface area contributed by atoms with Crippen molar-refractivity contribution in [3.05, 3.63) is 48.6 Å². The average Bonchev–Trinajstić information content (AvgIpc) is 3.12. The van der Waals surface area contributed by atoms with Crippen LogP contribution in [0.25, 0.3) is 0 Å². The summed E-state index contributed by atoms with van der Waals surface area (Å²) in [6.45, 7) is 4.50. The quantitative estimate of drug-likeness (QED) is 0.0289. The number of ether oxygens (including phenoxy) is 3. The number of unbranched alkanes of at least 4 members (excludes halogenated alkanes) is 17. The van der Waals surface area contributed by atoms with Crippen molar-refractivity contribution in [1.82, 2.24) is 0 Å². The molecule has 2 atom stereocenters. The molecule has 312 valence electrons. The lowest BCUT2D eigenvalue weighted by Crippen LogP contribution is -2.50. The highest BCUT2D eigenvalue weighted by molar-refractivity contribution is 5.72. The van der Waals surface area contributed by atoms with Gasteiger partial charge < -0.3 is 23.8 Å². The Morgan fingerprint density at radius 1 is 0.593 bits per heavy atom. The number of carbonyl (C=O) groups excluding carboxylic acids is 2. The summed E-state index contributed by atoms with van der Waals surface area (Å²) in [6, 6.07) is -0.626. The van der Waals surface area contributed by atoms with E-state index >= 15 is 0 Å². The van der Waals surface area contributed by atoms with Gasteiger partial charge in [-0.1, -0.05) is 152 Å². The molecule has 0 heterocycles. The Hall–Kier alpha value is -2.71. The fraction of sp³-hybridized carbons (Fsp3) is 0.761. The first-order valence-electron chi connectivity index (χ1n) is 21.7. The first kappa shape index (κ1) is 51.3. The largest absolute Gasteiger partial charge is 0.477 e. The zero-order chi connectivity index (χ0) is 40.0. The lowest BCUT2D eigenvalue weighted by Gasteiger charge is -2.31. The molecule has 0 saturated carbocycles. The van der Waals surface area contributed by atoms with E-state index in [4.69, 9.17) is 14.2 Å². The second-order valence-corrected chi connectivity index (χ2v) is 15.6. The van der Waals surface area contributed by atoms with Gasteiger partial charge in [0.05, 0.1) is 40.8 Å². The van der Waals surface area contributed by atoms with Crippen LogP contribution in [-0.2, 0) is 28.6 Å². The van der Waals surface area contributed by atoms with E-state index in [1.54, 1.807) is 6.08 Å². The van der Waals surface area contributed by atoms with Crippen molar-refractivity contribution >= 4 is 17.9 Å². The van der Waals surface area contributed by atoms with E-state index in [2.05, 4.69) is 50.3 Å². The van der Waals surface area contributed by atoms with Gasteiger partial charge in [-0.3, -0.25) is 9.59 Å². The number of allylic oxidation sites excluding steroid dienone is 7. The predicted molar refractivity (Wildman–Crippen MR) is 224 cm³/mol. The van der Waals surface area contributed by atoms with Gasteiger partial charge in [-0.25, -0.2) is 4.79 Å². The van der Waals surface area contributed by atoms with Crippen LogP contribution in [0.4, 0.5) is 0 Å². The molecular weight excluding hydrogens is 679 g/mol. The van der Waals surface area contributed by atoms with Crippen molar-refractivity contribution in [1.29, 1.82) is 0 Å². The van der Waals surface area contributed by atoms with Gasteiger partial charge in [-0.05, 0) is 51.4 Å². The number of esters is 2.